The standard InChI is InChI=1S/C17H25N5O4S.ClH/c1-22-16(18-13-20-22)10-26-14-4-6-15(7-5-14)27(23,24)21-11-17(12-25-2)8-3-9-19-17;/h4-7,13,19,21H,3,8-12H2,1-2H3;1H. The number of nitrogens with one attached hydrogen (secondary N) is 2. The van der Waals surface area contributed by atoms with Crippen molar-refractivity contribution in [2.24, 2.45) is 7.05 Å². The summed E-state index contributed by atoms with van der Waals surface area (Å²) in [7, 11) is -0.212. The van der Waals surface area contributed by atoms with Gasteiger partial charge in [-0.15, -0.1) is 12.4 Å². The Kier molecular flexibility index (Phi) is 7.79. The van der Waals surface area contributed by atoms with Crippen molar-refractivity contribution < 1.29 is 17.9 Å². The van der Waals surface area contributed by atoms with Gasteiger partial charge in [-0.1, -0.05) is 0 Å². The minimum absolute atomic E-state index is 0. The van der Waals surface area contributed by atoms with Gasteiger partial charge in [0, 0.05) is 20.7 Å². The minimum Gasteiger partial charge on any atom is -0.486 e. The van der Waals surface area contributed by atoms with E-state index in [0.717, 1.165) is 19.4 Å². The minimum atomic E-state index is -3.61. The molecule has 1 aromatic heterocycles. The monoisotopic (exact) mass is 431 g/mol. The number of sulfonamides is 1. The number of nitrogens with zero attached hydrogens (tertiary/aromatic N) is 3. The van der Waals surface area contributed by atoms with Crippen LogP contribution in [-0.2, 0) is 28.4 Å². The van der Waals surface area contributed by atoms with Crippen LogP contribution in [0, 0.1) is 0 Å². The maximum Gasteiger partial charge on any atom is 0.240 e. The van der Waals surface area contributed by atoms with E-state index in [9.17, 15) is 8.42 Å². The Bertz CT molecular complexity index is 851. The predicted molar refractivity (Wildman–Crippen MR) is 106 cm³/mol. The number of rotatable bonds is 9. The van der Waals surface area contributed by atoms with Gasteiger partial charge in [0.1, 0.15) is 18.7 Å². The summed E-state index contributed by atoms with van der Waals surface area (Å²) < 4.78 is 40.4. The second-order valence-corrected chi connectivity index (χ2v) is 8.40. The van der Waals surface area contributed by atoms with E-state index >= 15 is 0 Å². The average molecular weight is 432 g/mol. The number of hydrogen-bond donors (Lipinski definition) is 2. The average Bonchev–Trinajstić information content (AvgIpc) is 3.29. The van der Waals surface area contributed by atoms with Crippen molar-refractivity contribution >= 4 is 22.4 Å². The van der Waals surface area contributed by atoms with Gasteiger partial charge in [-0.2, -0.15) is 5.10 Å². The highest BCUT2D eigenvalue weighted by atomic mass is 35.5. The Labute approximate surface area is 171 Å². The second-order valence-electron chi connectivity index (χ2n) is 6.63. The van der Waals surface area contributed by atoms with Crippen LogP contribution in [0.5, 0.6) is 5.75 Å². The van der Waals surface area contributed by atoms with Crippen LogP contribution in [0.25, 0.3) is 0 Å². The number of methoxy groups -OCH3 is 1. The fraction of sp³-hybridized carbons (Fsp3) is 0.529. The zero-order valence-electron chi connectivity index (χ0n) is 15.9. The lowest BCUT2D eigenvalue weighted by molar-refractivity contribution is 0.122. The van der Waals surface area contributed by atoms with E-state index in [4.69, 9.17) is 9.47 Å². The summed E-state index contributed by atoms with van der Waals surface area (Å²) in [5.74, 6) is 1.24. The van der Waals surface area contributed by atoms with Crippen molar-refractivity contribution in [2.75, 3.05) is 26.8 Å². The van der Waals surface area contributed by atoms with E-state index in [0.29, 0.717) is 18.2 Å². The van der Waals surface area contributed by atoms with Crippen LogP contribution in [0.3, 0.4) is 0 Å². The molecule has 1 atom stereocenters. The summed E-state index contributed by atoms with van der Waals surface area (Å²) in [6.45, 7) is 1.87. The molecule has 2 aromatic rings. The molecule has 156 valence electrons. The third-order valence-corrected chi connectivity index (χ3v) is 6.08. The van der Waals surface area contributed by atoms with Crippen molar-refractivity contribution in [3.8, 4) is 5.75 Å². The van der Waals surface area contributed by atoms with Crippen LogP contribution in [0.15, 0.2) is 35.5 Å². The van der Waals surface area contributed by atoms with E-state index in [1.54, 1.807) is 31.0 Å². The second kappa shape index (κ2) is 9.66. The number of halogens is 1. The molecule has 0 spiro atoms. The van der Waals surface area contributed by atoms with Crippen LogP contribution in [0.1, 0.15) is 18.7 Å². The van der Waals surface area contributed by atoms with Crippen molar-refractivity contribution in [2.45, 2.75) is 29.9 Å². The summed E-state index contributed by atoms with van der Waals surface area (Å²) in [6, 6.07) is 6.31. The Balaban J connectivity index is 0.00000280. The Morgan fingerprint density at radius 1 is 1.32 bits per heavy atom. The maximum absolute atomic E-state index is 12.6. The first kappa shape index (κ1) is 22.6. The van der Waals surface area contributed by atoms with Crippen LogP contribution in [-0.4, -0.2) is 55.5 Å². The normalized spacial score (nSPS) is 19.4. The Morgan fingerprint density at radius 2 is 2.07 bits per heavy atom. The molecule has 2 N–H and O–H groups in total. The quantitative estimate of drug-likeness (QED) is 0.606. The lowest BCUT2D eigenvalue weighted by Gasteiger charge is -2.28. The summed E-state index contributed by atoms with van der Waals surface area (Å²) in [5, 5.41) is 7.32. The third-order valence-electron chi connectivity index (χ3n) is 4.66. The first-order chi connectivity index (χ1) is 12.9. The van der Waals surface area contributed by atoms with Crippen molar-refractivity contribution in [3.63, 3.8) is 0 Å². The molecule has 1 unspecified atom stereocenters. The van der Waals surface area contributed by atoms with E-state index < -0.39 is 10.0 Å². The number of aryl methyl sites for hydroxylation is 1. The summed E-state index contributed by atoms with van der Waals surface area (Å²) in [5.41, 5.74) is -0.346. The number of benzene rings is 1. The molecule has 9 nitrogen and oxygen atoms in total. The van der Waals surface area contributed by atoms with Crippen LogP contribution < -0.4 is 14.8 Å². The molecule has 0 bridgehead atoms. The molecule has 0 radical (unpaired) electrons. The highest BCUT2D eigenvalue weighted by Gasteiger charge is 2.34. The molecule has 1 aromatic carbocycles. The zero-order chi connectivity index (χ0) is 19.3. The SMILES string of the molecule is COCC1(CNS(=O)(=O)c2ccc(OCc3ncnn3C)cc2)CCCN1.Cl. The van der Waals surface area contributed by atoms with Crippen molar-refractivity contribution in [3.05, 3.63) is 36.4 Å². The van der Waals surface area contributed by atoms with Crippen LogP contribution in [0.4, 0.5) is 0 Å². The number of hydrogen-bond acceptors (Lipinski definition) is 7. The molecule has 0 aliphatic carbocycles. The van der Waals surface area contributed by atoms with Gasteiger partial charge in [0.25, 0.3) is 0 Å². The fourth-order valence-corrected chi connectivity index (χ4v) is 4.23. The largest absolute Gasteiger partial charge is 0.486 e. The predicted octanol–water partition coefficient (Wildman–Crippen LogP) is 0.863. The summed E-state index contributed by atoms with van der Waals surface area (Å²) >= 11 is 0. The van der Waals surface area contributed by atoms with Crippen LogP contribution >= 0.6 is 12.4 Å². The molecule has 1 saturated heterocycles. The lowest BCUT2D eigenvalue weighted by Crippen LogP contribution is -2.52. The van der Waals surface area contributed by atoms with E-state index in [-0.39, 0.29) is 36.0 Å². The molecular formula is C17H26ClN5O4S. The first-order valence-corrected chi connectivity index (χ1v) is 10.2. The van der Waals surface area contributed by atoms with Gasteiger partial charge < -0.3 is 14.8 Å². The molecule has 0 saturated carbocycles. The zero-order valence-corrected chi connectivity index (χ0v) is 17.6. The number of ether oxygens (including phenoxy) is 2. The van der Waals surface area contributed by atoms with Gasteiger partial charge >= 0.3 is 0 Å². The van der Waals surface area contributed by atoms with E-state index in [1.165, 1.54) is 18.5 Å². The molecule has 1 aliphatic rings. The van der Waals surface area contributed by atoms with Crippen molar-refractivity contribution in [1.29, 1.82) is 0 Å². The van der Waals surface area contributed by atoms with Gasteiger partial charge in [-0.05, 0) is 43.7 Å². The lowest BCUT2D eigenvalue weighted by atomic mass is 9.99. The maximum atomic E-state index is 12.6. The smallest absolute Gasteiger partial charge is 0.240 e. The first-order valence-electron chi connectivity index (χ1n) is 8.73. The van der Waals surface area contributed by atoms with Gasteiger partial charge in [-0.25, -0.2) is 18.1 Å². The Hall–Kier alpha value is -1.72. The molecule has 11 heteroatoms. The van der Waals surface area contributed by atoms with Gasteiger partial charge in [0.2, 0.25) is 10.0 Å². The van der Waals surface area contributed by atoms with Gasteiger partial charge in [0.05, 0.1) is 17.0 Å². The molecule has 2 heterocycles. The van der Waals surface area contributed by atoms with Gasteiger partial charge in [0.15, 0.2) is 5.82 Å². The fourth-order valence-electron chi connectivity index (χ4n) is 3.10. The molecule has 28 heavy (non-hydrogen) atoms. The summed E-state index contributed by atoms with van der Waals surface area (Å²) in [6.07, 6.45) is 3.33. The van der Waals surface area contributed by atoms with Gasteiger partial charge in [-0.3, -0.25) is 4.68 Å². The van der Waals surface area contributed by atoms with Crippen molar-refractivity contribution in [1.82, 2.24) is 24.8 Å². The molecular weight excluding hydrogens is 406 g/mol. The molecule has 3 rings (SSSR count). The highest BCUT2D eigenvalue weighted by Crippen LogP contribution is 2.21. The molecule has 1 aliphatic heterocycles. The highest BCUT2D eigenvalue weighted by molar-refractivity contribution is 7.89. The number of aromatic nitrogens is 3. The molecule has 1 fully saturated rings. The van der Waals surface area contributed by atoms with Crippen LogP contribution in [0.2, 0.25) is 0 Å². The molecule has 0 amide bonds. The van der Waals surface area contributed by atoms with E-state index in [1.807, 2.05) is 0 Å². The topological polar surface area (TPSA) is 107 Å². The third kappa shape index (κ3) is 5.42. The summed E-state index contributed by atoms with van der Waals surface area (Å²) in [4.78, 5) is 4.27. The van der Waals surface area contributed by atoms with E-state index in [2.05, 4.69) is 20.1 Å². The Morgan fingerprint density at radius 3 is 2.64 bits per heavy atom.